The third kappa shape index (κ3) is 2.91. The van der Waals surface area contributed by atoms with Crippen LogP contribution in [0, 0.1) is 19.8 Å². The molecule has 0 saturated heterocycles. The van der Waals surface area contributed by atoms with E-state index in [0.29, 0.717) is 5.56 Å². The van der Waals surface area contributed by atoms with E-state index >= 15 is 0 Å². The van der Waals surface area contributed by atoms with Gasteiger partial charge in [-0.2, -0.15) is 0 Å². The Labute approximate surface area is 107 Å². The summed E-state index contributed by atoms with van der Waals surface area (Å²) < 4.78 is 2.05. The number of hydrogen-bond donors (Lipinski definition) is 2. The van der Waals surface area contributed by atoms with Crippen molar-refractivity contribution in [1.82, 2.24) is 9.88 Å². The molecule has 100 valence electrons. The number of hydrogen-bond acceptors (Lipinski definition) is 2. The second-order valence-corrected chi connectivity index (χ2v) is 4.48. The number of nitrogens with zero attached hydrogens (tertiary/aromatic N) is 1. The summed E-state index contributed by atoms with van der Waals surface area (Å²) in [6.45, 7) is 8.39. The zero-order valence-corrected chi connectivity index (χ0v) is 11.3. The number of carboxylic acid groups (broad SMARTS) is 1. The summed E-state index contributed by atoms with van der Waals surface area (Å²) in [5.41, 5.74) is 2.56. The van der Waals surface area contributed by atoms with Gasteiger partial charge < -0.3 is 15.0 Å². The van der Waals surface area contributed by atoms with Crippen LogP contribution in [0.5, 0.6) is 0 Å². The van der Waals surface area contributed by atoms with Crippen molar-refractivity contribution in [3.63, 3.8) is 0 Å². The van der Waals surface area contributed by atoms with E-state index in [0.717, 1.165) is 17.9 Å². The predicted molar refractivity (Wildman–Crippen MR) is 68.7 cm³/mol. The Morgan fingerprint density at radius 3 is 2.50 bits per heavy atom. The maximum atomic E-state index is 12.0. The Kier molecular flexibility index (Phi) is 4.53. The van der Waals surface area contributed by atoms with Crippen molar-refractivity contribution in [1.29, 1.82) is 0 Å². The number of carbonyl (C=O) groups is 2. The number of aromatic nitrogens is 1. The highest BCUT2D eigenvalue weighted by Crippen LogP contribution is 2.14. The molecular formula is C13H20N2O3. The second-order valence-electron chi connectivity index (χ2n) is 4.48. The fraction of sp³-hybridized carbons (Fsp3) is 0.538. The zero-order valence-electron chi connectivity index (χ0n) is 11.3. The molecule has 0 aromatic carbocycles. The van der Waals surface area contributed by atoms with E-state index in [-0.39, 0.29) is 12.5 Å². The largest absolute Gasteiger partial charge is 0.481 e. The zero-order chi connectivity index (χ0) is 13.9. The maximum Gasteiger partial charge on any atom is 0.308 e. The highest BCUT2D eigenvalue weighted by molar-refractivity contribution is 5.95. The van der Waals surface area contributed by atoms with Gasteiger partial charge in [0.2, 0.25) is 0 Å². The molecule has 0 aliphatic rings. The van der Waals surface area contributed by atoms with Crippen LogP contribution in [-0.2, 0) is 11.3 Å². The first kappa shape index (κ1) is 14.3. The average molecular weight is 252 g/mol. The van der Waals surface area contributed by atoms with Crippen molar-refractivity contribution >= 4 is 11.9 Å². The predicted octanol–water partition coefficient (Wildman–Crippen LogP) is 1.58. The lowest BCUT2D eigenvalue weighted by atomic mass is 10.1. The molecule has 1 atom stereocenters. The molecule has 18 heavy (non-hydrogen) atoms. The molecule has 1 heterocycles. The quantitative estimate of drug-likeness (QED) is 0.835. The van der Waals surface area contributed by atoms with Gasteiger partial charge in [0.25, 0.3) is 5.91 Å². The average Bonchev–Trinajstić information content (AvgIpc) is 2.60. The molecule has 0 fully saturated rings. The van der Waals surface area contributed by atoms with E-state index in [4.69, 9.17) is 5.11 Å². The maximum absolute atomic E-state index is 12.0. The van der Waals surface area contributed by atoms with Gasteiger partial charge in [-0.25, -0.2) is 0 Å². The molecule has 0 aliphatic carbocycles. The molecule has 1 aromatic heterocycles. The van der Waals surface area contributed by atoms with Crippen molar-refractivity contribution in [2.45, 2.75) is 34.2 Å². The highest BCUT2D eigenvalue weighted by Gasteiger charge is 2.17. The first-order valence-electron chi connectivity index (χ1n) is 6.06. The highest BCUT2D eigenvalue weighted by atomic mass is 16.4. The van der Waals surface area contributed by atoms with E-state index in [9.17, 15) is 9.59 Å². The van der Waals surface area contributed by atoms with Gasteiger partial charge in [0.1, 0.15) is 0 Å². The van der Waals surface area contributed by atoms with Gasteiger partial charge in [-0.05, 0) is 26.8 Å². The number of carboxylic acids is 1. The smallest absolute Gasteiger partial charge is 0.308 e. The van der Waals surface area contributed by atoms with Gasteiger partial charge >= 0.3 is 5.97 Å². The lowest BCUT2D eigenvalue weighted by molar-refractivity contribution is -0.140. The van der Waals surface area contributed by atoms with Crippen LogP contribution in [0.4, 0.5) is 0 Å². The van der Waals surface area contributed by atoms with E-state index < -0.39 is 11.9 Å². The van der Waals surface area contributed by atoms with Crippen LogP contribution in [0.3, 0.4) is 0 Å². The monoisotopic (exact) mass is 252 g/mol. The number of carbonyl (C=O) groups excluding carboxylic acids is 1. The molecule has 1 aromatic rings. The normalized spacial score (nSPS) is 12.2. The molecule has 0 spiro atoms. The molecule has 2 N–H and O–H groups in total. The number of amides is 1. The van der Waals surface area contributed by atoms with Crippen LogP contribution in [-0.4, -0.2) is 28.1 Å². The van der Waals surface area contributed by atoms with Crippen molar-refractivity contribution < 1.29 is 14.7 Å². The summed E-state index contributed by atoms with van der Waals surface area (Å²) in [7, 11) is 0. The topological polar surface area (TPSA) is 71.3 Å². The molecule has 5 heteroatoms. The Balaban J connectivity index is 2.76. The Morgan fingerprint density at radius 1 is 1.44 bits per heavy atom. The molecule has 0 bridgehead atoms. The molecule has 0 radical (unpaired) electrons. The van der Waals surface area contributed by atoms with E-state index in [1.54, 1.807) is 6.92 Å². The summed E-state index contributed by atoms with van der Waals surface area (Å²) in [4.78, 5) is 22.6. The standard InChI is InChI=1S/C13H20N2O3/c1-5-15-9(3)6-11(10(15)4)12(16)14-7-8(2)13(17)18/h6,8H,5,7H2,1-4H3,(H,14,16)(H,17,18). The minimum atomic E-state index is -0.908. The van der Waals surface area contributed by atoms with Crippen LogP contribution < -0.4 is 5.32 Å². The van der Waals surface area contributed by atoms with Gasteiger partial charge in [-0.15, -0.1) is 0 Å². The van der Waals surface area contributed by atoms with Gasteiger partial charge in [0, 0.05) is 24.5 Å². The van der Waals surface area contributed by atoms with Crippen molar-refractivity contribution in [2.24, 2.45) is 5.92 Å². The summed E-state index contributed by atoms with van der Waals surface area (Å²) >= 11 is 0. The number of nitrogens with one attached hydrogen (secondary N) is 1. The fourth-order valence-corrected chi connectivity index (χ4v) is 1.95. The van der Waals surface area contributed by atoms with Crippen LogP contribution in [0.2, 0.25) is 0 Å². The third-order valence-corrected chi connectivity index (χ3v) is 3.12. The van der Waals surface area contributed by atoms with Crippen molar-refractivity contribution in [3.05, 3.63) is 23.0 Å². The molecule has 1 amide bonds. The Bertz CT molecular complexity index is 463. The van der Waals surface area contributed by atoms with Gasteiger partial charge in [0.15, 0.2) is 0 Å². The molecule has 0 saturated carbocycles. The van der Waals surface area contributed by atoms with Gasteiger partial charge in [0.05, 0.1) is 11.5 Å². The van der Waals surface area contributed by atoms with Gasteiger partial charge in [-0.1, -0.05) is 6.92 Å². The van der Waals surface area contributed by atoms with Crippen LogP contribution in [0.1, 0.15) is 35.6 Å². The number of aryl methyl sites for hydroxylation is 1. The first-order valence-corrected chi connectivity index (χ1v) is 6.06. The van der Waals surface area contributed by atoms with E-state index in [2.05, 4.69) is 9.88 Å². The summed E-state index contributed by atoms with van der Waals surface area (Å²) in [6.07, 6.45) is 0. The Morgan fingerprint density at radius 2 is 2.06 bits per heavy atom. The SMILES string of the molecule is CCn1c(C)cc(C(=O)NCC(C)C(=O)O)c1C. The molecule has 1 rings (SSSR count). The summed E-state index contributed by atoms with van der Waals surface area (Å²) in [5, 5.41) is 11.4. The fourth-order valence-electron chi connectivity index (χ4n) is 1.95. The van der Waals surface area contributed by atoms with Crippen LogP contribution in [0.25, 0.3) is 0 Å². The summed E-state index contributed by atoms with van der Waals surface area (Å²) in [5.74, 6) is -1.70. The molecular weight excluding hydrogens is 232 g/mol. The summed E-state index contributed by atoms with van der Waals surface area (Å²) in [6, 6.07) is 1.83. The molecule has 0 aliphatic heterocycles. The number of rotatable bonds is 5. The Hall–Kier alpha value is -1.78. The first-order chi connectivity index (χ1) is 8.38. The van der Waals surface area contributed by atoms with E-state index in [1.165, 1.54) is 0 Å². The van der Waals surface area contributed by atoms with Crippen molar-refractivity contribution in [3.8, 4) is 0 Å². The lowest BCUT2D eigenvalue weighted by Crippen LogP contribution is -2.31. The van der Waals surface area contributed by atoms with Crippen LogP contribution >= 0.6 is 0 Å². The molecule has 1 unspecified atom stereocenters. The van der Waals surface area contributed by atoms with Crippen LogP contribution in [0.15, 0.2) is 6.07 Å². The lowest BCUT2D eigenvalue weighted by Gasteiger charge is -2.09. The minimum absolute atomic E-state index is 0.143. The minimum Gasteiger partial charge on any atom is -0.481 e. The molecule has 5 nitrogen and oxygen atoms in total. The number of aliphatic carboxylic acids is 1. The second kappa shape index (κ2) is 5.71. The van der Waals surface area contributed by atoms with E-state index in [1.807, 2.05) is 26.8 Å². The van der Waals surface area contributed by atoms with Crippen molar-refractivity contribution in [2.75, 3.05) is 6.54 Å². The van der Waals surface area contributed by atoms with Gasteiger partial charge in [-0.3, -0.25) is 9.59 Å². The third-order valence-electron chi connectivity index (χ3n) is 3.12.